The van der Waals surface area contributed by atoms with Gasteiger partial charge in [0.25, 0.3) is 0 Å². The molecule has 2 N–H and O–H groups in total. The van der Waals surface area contributed by atoms with Crippen LogP contribution in [0.1, 0.15) is 6.92 Å². The predicted molar refractivity (Wildman–Crippen MR) is 81.8 cm³/mol. The molecule has 0 spiro atoms. The van der Waals surface area contributed by atoms with E-state index in [2.05, 4.69) is 10.6 Å². The van der Waals surface area contributed by atoms with Crippen molar-refractivity contribution in [2.24, 2.45) is 0 Å². The first kappa shape index (κ1) is 14.9. The van der Waals surface area contributed by atoms with Gasteiger partial charge in [-0.15, -0.1) is 0 Å². The lowest BCUT2D eigenvalue weighted by atomic mass is 10.3. The highest BCUT2D eigenvalue weighted by Gasteiger charge is 2.05. The molecular weight excluding hydrogens is 292 g/mol. The van der Waals surface area contributed by atoms with E-state index in [1.807, 2.05) is 0 Å². The number of halogens is 1. The lowest BCUT2D eigenvalue weighted by Crippen LogP contribution is -2.19. The summed E-state index contributed by atoms with van der Waals surface area (Å²) in [5, 5.41) is 5.82. The normalized spacial score (nSPS) is 9.81. The van der Waals surface area contributed by atoms with Gasteiger partial charge >= 0.3 is 12.0 Å². The molecule has 0 aliphatic heterocycles. The molecule has 2 aromatic carbocycles. The molecule has 2 aromatic rings. The first-order valence-corrected chi connectivity index (χ1v) is 6.53. The van der Waals surface area contributed by atoms with Gasteiger partial charge in [-0.05, 0) is 30.3 Å². The van der Waals surface area contributed by atoms with Gasteiger partial charge in [-0.25, -0.2) is 4.79 Å². The molecule has 108 valence electrons. The first-order chi connectivity index (χ1) is 10.0. The van der Waals surface area contributed by atoms with E-state index in [1.54, 1.807) is 48.5 Å². The SMILES string of the molecule is CC(=O)Oc1cccc(NC(=O)Nc2cccc(Cl)c2)c1. The summed E-state index contributed by atoms with van der Waals surface area (Å²) in [4.78, 5) is 22.7. The fourth-order valence-electron chi connectivity index (χ4n) is 1.66. The minimum absolute atomic E-state index is 0.364. The number of nitrogens with one attached hydrogen (secondary N) is 2. The molecule has 0 atom stereocenters. The van der Waals surface area contributed by atoms with Gasteiger partial charge in [0.15, 0.2) is 0 Å². The summed E-state index contributed by atoms with van der Waals surface area (Å²) in [6, 6.07) is 12.9. The smallest absolute Gasteiger partial charge is 0.323 e. The van der Waals surface area contributed by atoms with E-state index in [-0.39, 0.29) is 0 Å². The zero-order valence-electron chi connectivity index (χ0n) is 11.2. The number of benzene rings is 2. The Labute approximate surface area is 126 Å². The highest BCUT2D eigenvalue weighted by molar-refractivity contribution is 6.30. The Hall–Kier alpha value is -2.53. The van der Waals surface area contributed by atoms with Crippen LogP contribution in [0.25, 0.3) is 0 Å². The Kier molecular flexibility index (Phi) is 4.79. The lowest BCUT2D eigenvalue weighted by Gasteiger charge is -2.09. The Morgan fingerprint density at radius 2 is 1.62 bits per heavy atom. The Bertz CT molecular complexity index is 673. The minimum Gasteiger partial charge on any atom is -0.427 e. The third-order valence-corrected chi connectivity index (χ3v) is 2.67. The summed E-state index contributed by atoms with van der Waals surface area (Å²) < 4.78 is 4.94. The third-order valence-electron chi connectivity index (χ3n) is 2.44. The number of urea groups is 1. The second-order valence-electron chi connectivity index (χ2n) is 4.21. The molecule has 0 aliphatic carbocycles. The van der Waals surface area contributed by atoms with Crippen LogP contribution in [-0.2, 0) is 4.79 Å². The number of esters is 1. The van der Waals surface area contributed by atoms with Crippen LogP contribution in [0.15, 0.2) is 48.5 Å². The van der Waals surface area contributed by atoms with E-state index >= 15 is 0 Å². The maximum Gasteiger partial charge on any atom is 0.323 e. The molecule has 5 nitrogen and oxygen atoms in total. The number of anilines is 2. The molecule has 0 radical (unpaired) electrons. The van der Waals surface area contributed by atoms with E-state index in [1.165, 1.54) is 6.92 Å². The van der Waals surface area contributed by atoms with Crippen molar-refractivity contribution in [1.29, 1.82) is 0 Å². The van der Waals surface area contributed by atoms with Gasteiger partial charge in [0.1, 0.15) is 5.75 Å². The fourth-order valence-corrected chi connectivity index (χ4v) is 1.85. The number of rotatable bonds is 3. The molecule has 2 amide bonds. The molecule has 2 rings (SSSR count). The molecular formula is C15H13ClN2O3. The van der Waals surface area contributed by atoms with Crippen LogP contribution in [0.5, 0.6) is 5.75 Å². The summed E-state index contributed by atoms with van der Waals surface area (Å²) in [6.07, 6.45) is 0. The summed E-state index contributed by atoms with van der Waals surface area (Å²) >= 11 is 5.84. The number of hydrogen-bond donors (Lipinski definition) is 2. The van der Waals surface area contributed by atoms with Crippen LogP contribution >= 0.6 is 11.6 Å². The molecule has 0 bridgehead atoms. The summed E-state index contributed by atoms with van der Waals surface area (Å²) in [5.74, 6) is -0.0569. The highest BCUT2D eigenvalue weighted by Crippen LogP contribution is 2.19. The maximum absolute atomic E-state index is 11.9. The first-order valence-electron chi connectivity index (χ1n) is 6.15. The number of carbonyl (C=O) groups is 2. The predicted octanol–water partition coefficient (Wildman–Crippen LogP) is 3.91. The van der Waals surface area contributed by atoms with Crippen molar-refractivity contribution in [3.63, 3.8) is 0 Å². The zero-order valence-corrected chi connectivity index (χ0v) is 12.0. The third kappa shape index (κ3) is 4.81. The molecule has 0 aromatic heterocycles. The van der Waals surface area contributed by atoms with Crippen LogP contribution in [0.3, 0.4) is 0 Å². The van der Waals surface area contributed by atoms with E-state index in [0.29, 0.717) is 22.1 Å². The average Bonchev–Trinajstić information content (AvgIpc) is 2.37. The Morgan fingerprint density at radius 1 is 1.00 bits per heavy atom. The van der Waals surface area contributed by atoms with Crippen molar-refractivity contribution in [2.45, 2.75) is 6.92 Å². The van der Waals surface area contributed by atoms with Crippen molar-refractivity contribution in [1.82, 2.24) is 0 Å². The van der Waals surface area contributed by atoms with Gasteiger partial charge in [0.05, 0.1) is 0 Å². The number of hydrogen-bond acceptors (Lipinski definition) is 3. The van der Waals surface area contributed by atoms with Crippen molar-refractivity contribution in [3.8, 4) is 5.75 Å². The van der Waals surface area contributed by atoms with Crippen molar-refractivity contribution in [3.05, 3.63) is 53.6 Å². The van der Waals surface area contributed by atoms with Gasteiger partial charge in [-0.1, -0.05) is 23.7 Å². The fraction of sp³-hybridized carbons (Fsp3) is 0.0667. The number of carbonyl (C=O) groups excluding carboxylic acids is 2. The summed E-state index contributed by atoms with van der Waals surface area (Å²) in [7, 11) is 0. The summed E-state index contributed by atoms with van der Waals surface area (Å²) in [6.45, 7) is 1.31. The molecule has 6 heteroatoms. The maximum atomic E-state index is 11.9. The minimum atomic E-state index is -0.421. The van der Waals surface area contributed by atoms with Crippen LogP contribution in [-0.4, -0.2) is 12.0 Å². The van der Waals surface area contributed by atoms with E-state index in [9.17, 15) is 9.59 Å². The van der Waals surface area contributed by atoms with E-state index in [0.717, 1.165) is 0 Å². The van der Waals surface area contributed by atoms with Gasteiger partial charge < -0.3 is 15.4 Å². The standard InChI is InChI=1S/C15H13ClN2O3/c1-10(19)21-14-7-3-6-13(9-14)18-15(20)17-12-5-2-4-11(16)8-12/h2-9H,1H3,(H2,17,18,20). The van der Waals surface area contributed by atoms with Gasteiger partial charge in [0.2, 0.25) is 0 Å². The van der Waals surface area contributed by atoms with Crippen LogP contribution in [0.4, 0.5) is 16.2 Å². The van der Waals surface area contributed by atoms with E-state index in [4.69, 9.17) is 16.3 Å². The van der Waals surface area contributed by atoms with Gasteiger partial charge in [0, 0.05) is 29.4 Å². The van der Waals surface area contributed by atoms with Crippen molar-refractivity contribution >= 4 is 35.0 Å². The topological polar surface area (TPSA) is 67.4 Å². The Morgan fingerprint density at radius 3 is 2.24 bits per heavy atom. The highest BCUT2D eigenvalue weighted by atomic mass is 35.5. The quantitative estimate of drug-likeness (QED) is 0.667. The monoisotopic (exact) mass is 304 g/mol. The molecule has 0 saturated carbocycles. The number of ether oxygens (including phenoxy) is 1. The van der Waals surface area contributed by atoms with Gasteiger partial charge in [-0.2, -0.15) is 0 Å². The summed E-state index contributed by atoms with van der Waals surface area (Å²) in [5.41, 5.74) is 1.09. The lowest BCUT2D eigenvalue weighted by molar-refractivity contribution is -0.131. The van der Waals surface area contributed by atoms with Gasteiger partial charge in [-0.3, -0.25) is 4.79 Å². The molecule has 21 heavy (non-hydrogen) atoms. The molecule has 0 heterocycles. The average molecular weight is 305 g/mol. The molecule has 0 fully saturated rings. The second kappa shape index (κ2) is 6.76. The van der Waals surface area contributed by atoms with Crippen LogP contribution in [0.2, 0.25) is 5.02 Å². The van der Waals surface area contributed by atoms with Crippen LogP contribution in [0, 0.1) is 0 Å². The zero-order chi connectivity index (χ0) is 15.2. The van der Waals surface area contributed by atoms with E-state index < -0.39 is 12.0 Å². The number of amides is 2. The van der Waals surface area contributed by atoms with Crippen LogP contribution < -0.4 is 15.4 Å². The van der Waals surface area contributed by atoms with Crippen molar-refractivity contribution in [2.75, 3.05) is 10.6 Å². The molecule has 0 saturated heterocycles. The van der Waals surface area contributed by atoms with Crippen molar-refractivity contribution < 1.29 is 14.3 Å². The molecule has 0 aliphatic rings. The second-order valence-corrected chi connectivity index (χ2v) is 4.65. The Balaban J connectivity index is 2.01. The molecule has 0 unspecified atom stereocenters. The largest absolute Gasteiger partial charge is 0.427 e.